The summed E-state index contributed by atoms with van der Waals surface area (Å²) in [5, 5.41) is 3.55. The topological polar surface area (TPSA) is 15.3 Å². The molecular formula is C16H26N2S. The first kappa shape index (κ1) is 14.9. The van der Waals surface area contributed by atoms with Crippen molar-refractivity contribution < 1.29 is 0 Å². The van der Waals surface area contributed by atoms with Gasteiger partial charge in [0.05, 0.1) is 0 Å². The van der Waals surface area contributed by atoms with Gasteiger partial charge in [0.2, 0.25) is 0 Å². The smallest absolute Gasteiger partial charge is 0.0206 e. The summed E-state index contributed by atoms with van der Waals surface area (Å²) in [5.74, 6) is 0.930. The fraction of sp³-hybridized carbons (Fsp3) is 0.625. The van der Waals surface area contributed by atoms with Crippen LogP contribution >= 0.6 is 11.8 Å². The molecule has 1 aliphatic rings. The number of rotatable bonds is 6. The van der Waals surface area contributed by atoms with Crippen molar-refractivity contribution in [3.8, 4) is 0 Å². The van der Waals surface area contributed by atoms with E-state index < -0.39 is 0 Å². The standard InChI is InChI=1S/C16H26N2S/c1-14-7-10-18(11-8-14)12-9-17-13-15-3-5-16(19-2)6-4-15/h3-6,14,17H,7-13H2,1-2H3. The summed E-state index contributed by atoms with van der Waals surface area (Å²) >= 11 is 1.80. The molecule has 0 saturated carbocycles. The second-order valence-electron chi connectivity index (χ2n) is 5.55. The van der Waals surface area contributed by atoms with E-state index in [1.807, 2.05) is 0 Å². The summed E-state index contributed by atoms with van der Waals surface area (Å²) in [6, 6.07) is 8.85. The first-order chi connectivity index (χ1) is 9.28. The second kappa shape index (κ2) is 7.93. The van der Waals surface area contributed by atoms with Crippen LogP contribution in [0.2, 0.25) is 0 Å². The van der Waals surface area contributed by atoms with Gasteiger partial charge in [-0.3, -0.25) is 0 Å². The normalized spacial score (nSPS) is 17.8. The number of hydrogen-bond acceptors (Lipinski definition) is 3. The first-order valence-corrected chi connectivity index (χ1v) is 8.56. The van der Waals surface area contributed by atoms with E-state index in [1.54, 1.807) is 11.8 Å². The van der Waals surface area contributed by atoms with Crippen LogP contribution in [0.15, 0.2) is 29.2 Å². The molecule has 1 fully saturated rings. The average Bonchev–Trinajstić information content (AvgIpc) is 2.46. The van der Waals surface area contributed by atoms with Crippen LogP contribution in [0.3, 0.4) is 0 Å². The predicted molar refractivity (Wildman–Crippen MR) is 84.8 cm³/mol. The Morgan fingerprint density at radius 2 is 1.89 bits per heavy atom. The highest BCUT2D eigenvalue weighted by molar-refractivity contribution is 7.98. The van der Waals surface area contributed by atoms with Gasteiger partial charge in [-0.05, 0) is 55.8 Å². The zero-order chi connectivity index (χ0) is 13.5. The summed E-state index contributed by atoms with van der Waals surface area (Å²) in [6.07, 6.45) is 4.86. The molecule has 1 aliphatic heterocycles. The Morgan fingerprint density at radius 3 is 2.53 bits per heavy atom. The molecule has 0 spiro atoms. The third-order valence-electron chi connectivity index (χ3n) is 3.97. The van der Waals surface area contributed by atoms with Crippen LogP contribution in [-0.4, -0.2) is 37.3 Å². The molecule has 1 N–H and O–H groups in total. The minimum Gasteiger partial charge on any atom is -0.311 e. The maximum Gasteiger partial charge on any atom is 0.0206 e. The van der Waals surface area contributed by atoms with Gasteiger partial charge >= 0.3 is 0 Å². The maximum absolute atomic E-state index is 3.55. The van der Waals surface area contributed by atoms with Crippen LogP contribution in [0.5, 0.6) is 0 Å². The second-order valence-corrected chi connectivity index (χ2v) is 6.43. The molecule has 2 rings (SSSR count). The van der Waals surface area contributed by atoms with Gasteiger partial charge in [0.25, 0.3) is 0 Å². The third kappa shape index (κ3) is 5.17. The number of nitrogens with zero attached hydrogens (tertiary/aromatic N) is 1. The van der Waals surface area contributed by atoms with Gasteiger partial charge < -0.3 is 10.2 Å². The van der Waals surface area contributed by atoms with Gasteiger partial charge in [0, 0.05) is 24.5 Å². The number of hydrogen-bond donors (Lipinski definition) is 1. The molecule has 0 bridgehead atoms. The fourth-order valence-electron chi connectivity index (χ4n) is 2.50. The van der Waals surface area contributed by atoms with E-state index in [0.717, 1.165) is 19.0 Å². The van der Waals surface area contributed by atoms with Crippen molar-refractivity contribution in [3.05, 3.63) is 29.8 Å². The van der Waals surface area contributed by atoms with Crippen molar-refractivity contribution in [3.63, 3.8) is 0 Å². The first-order valence-electron chi connectivity index (χ1n) is 7.34. The van der Waals surface area contributed by atoms with Crippen molar-refractivity contribution in [1.29, 1.82) is 0 Å². The van der Waals surface area contributed by atoms with E-state index in [-0.39, 0.29) is 0 Å². The molecular weight excluding hydrogens is 252 g/mol. The number of thioether (sulfide) groups is 1. The van der Waals surface area contributed by atoms with Gasteiger partial charge in [0.15, 0.2) is 0 Å². The highest BCUT2D eigenvalue weighted by Gasteiger charge is 2.14. The molecule has 0 radical (unpaired) electrons. The molecule has 19 heavy (non-hydrogen) atoms. The Bertz CT molecular complexity index is 356. The summed E-state index contributed by atoms with van der Waals surface area (Å²) in [5.41, 5.74) is 1.38. The van der Waals surface area contributed by atoms with Crippen molar-refractivity contribution >= 4 is 11.8 Å². The lowest BCUT2D eigenvalue weighted by Crippen LogP contribution is -2.37. The molecule has 1 aromatic rings. The van der Waals surface area contributed by atoms with Gasteiger partial charge in [-0.2, -0.15) is 0 Å². The average molecular weight is 278 g/mol. The molecule has 3 heteroatoms. The van der Waals surface area contributed by atoms with Crippen LogP contribution < -0.4 is 5.32 Å². The number of piperidine rings is 1. The molecule has 1 saturated heterocycles. The molecule has 106 valence electrons. The molecule has 1 heterocycles. The minimum absolute atomic E-state index is 0.930. The van der Waals surface area contributed by atoms with E-state index in [9.17, 15) is 0 Å². The van der Waals surface area contributed by atoms with Crippen LogP contribution in [-0.2, 0) is 6.54 Å². The molecule has 1 aromatic carbocycles. The largest absolute Gasteiger partial charge is 0.311 e. The summed E-state index contributed by atoms with van der Waals surface area (Å²) < 4.78 is 0. The molecule has 0 amide bonds. The fourth-order valence-corrected chi connectivity index (χ4v) is 2.91. The lowest BCUT2D eigenvalue weighted by molar-refractivity contribution is 0.193. The lowest BCUT2D eigenvalue weighted by atomic mass is 9.99. The zero-order valence-corrected chi connectivity index (χ0v) is 13.0. The van der Waals surface area contributed by atoms with Crippen molar-refractivity contribution in [2.24, 2.45) is 5.92 Å². The maximum atomic E-state index is 3.55. The van der Waals surface area contributed by atoms with Gasteiger partial charge in [-0.1, -0.05) is 19.1 Å². The molecule has 0 unspecified atom stereocenters. The number of likely N-dealkylation sites (tertiary alicyclic amines) is 1. The van der Waals surface area contributed by atoms with Crippen molar-refractivity contribution in [1.82, 2.24) is 10.2 Å². The van der Waals surface area contributed by atoms with E-state index in [4.69, 9.17) is 0 Å². The van der Waals surface area contributed by atoms with Crippen LogP contribution in [0.4, 0.5) is 0 Å². The summed E-state index contributed by atoms with van der Waals surface area (Å²) in [6.45, 7) is 8.21. The van der Waals surface area contributed by atoms with Crippen LogP contribution in [0.1, 0.15) is 25.3 Å². The number of benzene rings is 1. The molecule has 0 aliphatic carbocycles. The predicted octanol–water partition coefficient (Wildman–Crippen LogP) is 3.23. The highest BCUT2D eigenvalue weighted by Crippen LogP contribution is 2.16. The third-order valence-corrected chi connectivity index (χ3v) is 4.71. The zero-order valence-electron chi connectivity index (χ0n) is 12.2. The lowest BCUT2D eigenvalue weighted by Gasteiger charge is -2.30. The molecule has 2 nitrogen and oxygen atoms in total. The van der Waals surface area contributed by atoms with E-state index in [0.29, 0.717) is 0 Å². The Labute approximate surface area is 122 Å². The summed E-state index contributed by atoms with van der Waals surface area (Å²) in [4.78, 5) is 3.93. The van der Waals surface area contributed by atoms with E-state index in [2.05, 4.69) is 47.7 Å². The quantitative estimate of drug-likeness (QED) is 0.635. The Morgan fingerprint density at radius 1 is 1.21 bits per heavy atom. The Hall–Kier alpha value is -0.510. The SMILES string of the molecule is CSc1ccc(CNCCN2CCC(C)CC2)cc1. The molecule has 0 aromatic heterocycles. The molecule has 0 atom stereocenters. The van der Waals surface area contributed by atoms with Crippen molar-refractivity contribution in [2.75, 3.05) is 32.4 Å². The van der Waals surface area contributed by atoms with Crippen molar-refractivity contribution in [2.45, 2.75) is 31.2 Å². The minimum atomic E-state index is 0.930. The van der Waals surface area contributed by atoms with Crippen LogP contribution in [0.25, 0.3) is 0 Å². The van der Waals surface area contributed by atoms with E-state index >= 15 is 0 Å². The van der Waals surface area contributed by atoms with Crippen LogP contribution in [0, 0.1) is 5.92 Å². The summed E-state index contributed by atoms with van der Waals surface area (Å²) in [7, 11) is 0. The van der Waals surface area contributed by atoms with E-state index in [1.165, 1.54) is 42.9 Å². The van der Waals surface area contributed by atoms with Gasteiger partial charge in [-0.25, -0.2) is 0 Å². The Balaban J connectivity index is 1.61. The van der Waals surface area contributed by atoms with Gasteiger partial charge in [0.1, 0.15) is 0 Å². The Kier molecular flexibility index (Phi) is 6.21. The highest BCUT2D eigenvalue weighted by atomic mass is 32.2. The monoisotopic (exact) mass is 278 g/mol. The number of nitrogens with one attached hydrogen (secondary N) is 1. The van der Waals surface area contributed by atoms with Gasteiger partial charge in [-0.15, -0.1) is 11.8 Å².